The third-order valence-electron chi connectivity index (χ3n) is 7.10. The van der Waals surface area contributed by atoms with Gasteiger partial charge in [-0.05, 0) is 125 Å². The molecule has 0 saturated carbocycles. The summed E-state index contributed by atoms with van der Waals surface area (Å²) in [6.07, 6.45) is -1.47. The van der Waals surface area contributed by atoms with Crippen molar-refractivity contribution < 1.29 is 15.0 Å². The number of carbonyl (C=O) groups excluding carboxylic acids is 1. The number of nitrogens with two attached hydrogens (primary N) is 2. The van der Waals surface area contributed by atoms with E-state index in [1.807, 2.05) is 33.8 Å². The fourth-order valence-electron chi connectivity index (χ4n) is 5.09. The van der Waals surface area contributed by atoms with Crippen LogP contribution in [0, 0.1) is 27.7 Å². The van der Waals surface area contributed by atoms with Gasteiger partial charge in [0.05, 0.1) is 6.61 Å². The third-order valence-corrected chi connectivity index (χ3v) is 7.10. The van der Waals surface area contributed by atoms with Crippen molar-refractivity contribution in [1.82, 2.24) is 0 Å². The molecular formula is C31H40N2O3. The van der Waals surface area contributed by atoms with Crippen LogP contribution in [0.25, 0.3) is 22.3 Å². The summed E-state index contributed by atoms with van der Waals surface area (Å²) >= 11 is 0. The van der Waals surface area contributed by atoms with Crippen molar-refractivity contribution in [2.45, 2.75) is 73.3 Å². The van der Waals surface area contributed by atoms with Crippen LogP contribution in [-0.4, -0.2) is 28.7 Å². The Balaban J connectivity index is 2.64. The van der Waals surface area contributed by atoms with Crippen LogP contribution in [0.5, 0.6) is 0 Å². The van der Waals surface area contributed by atoms with E-state index < -0.39 is 18.5 Å². The van der Waals surface area contributed by atoms with Crippen LogP contribution < -0.4 is 11.5 Å². The van der Waals surface area contributed by atoms with Crippen molar-refractivity contribution in [2.75, 3.05) is 18.1 Å². The van der Waals surface area contributed by atoms with Gasteiger partial charge in [-0.3, -0.25) is 4.79 Å². The molecular weight excluding hydrogens is 448 g/mol. The zero-order valence-electron chi connectivity index (χ0n) is 22.8. The molecule has 1 atom stereocenters. The number of hydrogen-bond donors (Lipinski definition) is 4. The number of Topliss-reactive ketones (excluding diaryl/α,β-unsaturated/α-hetero) is 1. The third kappa shape index (κ3) is 4.91. The second-order valence-electron chi connectivity index (χ2n) is 10.6. The average Bonchev–Trinajstić information content (AvgIpc) is 2.82. The first-order valence-electron chi connectivity index (χ1n) is 12.6. The molecule has 0 spiro atoms. The molecule has 3 aromatic carbocycles. The Kier molecular flexibility index (Phi) is 7.97. The highest BCUT2D eigenvalue weighted by molar-refractivity contribution is 6.05. The number of carbonyl (C=O) groups is 1. The van der Waals surface area contributed by atoms with Crippen LogP contribution in [0.4, 0.5) is 11.4 Å². The average molecular weight is 489 g/mol. The summed E-state index contributed by atoms with van der Waals surface area (Å²) in [5, 5.41) is 19.9. The highest BCUT2D eigenvalue weighted by Gasteiger charge is 2.29. The first-order valence-corrected chi connectivity index (χ1v) is 12.6. The van der Waals surface area contributed by atoms with Crippen LogP contribution in [0.2, 0.25) is 0 Å². The Labute approximate surface area is 215 Å². The lowest BCUT2D eigenvalue weighted by Crippen LogP contribution is -2.26. The van der Waals surface area contributed by atoms with Gasteiger partial charge >= 0.3 is 0 Å². The van der Waals surface area contributed by atoms with Gasteiger partial charge in [0.25, 0.3) is 0 Å². The minimum atomic E-state index is -1.47. The second-order valence-corrected chi connectivity index (χ2v) is 10.6. The van der Waals surface area contributed by atoms with Gasteiger partial charge in [-0.15, -0.1) is 0 Å². The number of aliphatic hydroxyl groups is 2. The number of ketones is 1. The summed E-state index contributed by atoms with van der Waals surface area (Å²) in [7, 11) is 0. The maximum atomic E-state index is 13.4. The molecule has 0 radical (unpaired) electrons. The first kappa shape index (κ1) is 27.4. The van der Waals surface area contributed by atoms with E-state index in [0.717, 1.165) is 67.0 Å². The van der Waals surface area contributed by atoms with Crippen LogP contribution in [0.3, 0.4) is 0 Å². The summed E-state index contributed by atoms with van der Waals surface area (Å²) in [5.41, 5.74) is 24.4. The first-order chi connectivity index (χ1) is 16.8. The van der Waals surface area contributed by atoms with Gasteiger partial charge in [0.2, 0.25) is 0 Å². The highest BCUT2D eigenvalue weighted by Crippen LogP contribution is 2.46. The molecule has 0 fully saturated rings. The molecule has 192 valence electrons. The molecule has 1 unspecified atom stereocenters. The summed E-state index contributed by atoms with van der Waals surface area (Å²) in [4.78, 5) is 13.4. The zero-order valence-corrected chi connectivity index (χ0v) is 22.8. The van der Waals surface area contributed by atoms with Crippen molar-refractivity contribution >= 4 is 17.2 Å². The predicted octanol–water partition coefficient (Wildman–Crippen LogP) is 6.20. The Morgan fingerprint density at radius 2 is 1.17 bits per heavy atom. The number of benzene rings is 3. The van der Waals surface area contributed by atoms with Gasteiger partial charge in [0.15, 0.2) is 5.78 Å². The quantitative estimate of drug-likeness (QED) is 0.234. The second kappa shape index (κ2) is 10.5. The van der Waals surface area contributed by atoms with Gasteiger partial charge < -0.3 is 21.7 Å². The summed E-state index contributed by atoms with van der Waals surface area (Å²) < 4.78 is 0. The number of rotatable bonds is 7. The monoisotopic (exact) mass is 488 g/mol. The van der Waals surface area contributed by atoms with Crippen molar-refractivity contribution in [3.05, 3.63) is 69.3 Å². The largest absolute Gasteiger partial charge is 0.398 e. The number of aliphatic hydroxyl groups excluding tert-OH is 2. The fourth-order valence-corrected chi connectivity index (χ4v) is 5.09. The Morgan fingerprint density at radius 1 is 0.750 bits per heavy atom. The molecule has 5 heteroatoms. The molecule has 0 aromatic heterocycles. The highest BCUT2D eigenvalue weighted by atomic mass is 16.3. The molecule has 3 aromatic rings. The Bertz CT molecular complexity index is 1280. The van der Waals surface area contributed by atoms with Gasteiger partial charge in [-0.25, -0.2) is 0 Å². The van der Waals surface area contributed by atoms with Gasteiger partial charge in [0, 0.05) is 16.9 Å². The topological polar surface area (TPSA) is 110 Å². The fraction of sp³-hybridized carbons (Fsp3) is 0.387. The Morgan fingerprint density at radius 3 is 1.53 bits per heavy atom. The van der Waals surface area contributed by atoms with Crippen LogP contribution >= 0.6 is 0 Å². The molecule has 0 aliphatic rings. The van der Waals surface area contributed by atoms with Crippen LogP contribution in [0.1, 0.15) is 83.3 Å². The van der Waals surface area contributed by atoms with E-state index in [0.29, 0.717) is 5.56 Å². The maximum Gasteiger partial charge on any atom is 0.193 e. The standard InChI is InChI=1S/C31H40N2O3/c1-15(2)23-13-24(31(36)25(35)14-34)26(16(3)4)28(22-11-19(7)30(33)20(8)12-22)27(23)21-9-17(5)29(32)18(6)10-21/h9-13,15-16,25,34-35H,14,32-33H2,1-8H3. The SMILES string of the molecule is Cc1cc(-c2c(C(C)C)cc(C(=O)C(O)CO)c(C(C)C)c2-c2cc(C)c(N)c(C)c2)cc(C)c1N. The van der Waals surface area contributed by atoms with Crippen LogP contribution in [0.15, 0.2) is 30.3 Å². The summed E-state index contributed by atoms with van der Waals surface area (Å²) in [5.74, 6) is -0.407. The van der Waals surface area contributed by atoms with Crippen molar-refractivity contribution in [2.24, 2.45) is 0 Å². The van der Waals surface area contributed by atoms with Gasteiger partial charge in [-0.1, -0.05) is 27.7 Å². The smallest absolute Gasteiger partial charge is 0.193 e. The minimum Gasteiger partial charge on any atom is -0.398 e. The molecule has 0 bridgehead atoms. The molecule has 6 N–H and O–H groups in total. The normalized spacial score (nSPS) is 12.4. The van der Waals surface area contributed by atoms with E-state index in [9.17, 15) is 15.0 Å². The van der Waals surface area contributed by atoms with Crippen LogP contribution in [-0.2, 0) is 0 Å². The lowest BCUT2D eigenvalue weighted by atomic mass is 9.76. The molecule has 5 nitrogen and oxygen atoms in total. The summed E-state index contributed by atoms with van der Waals surface area (Å²) in [6, 6.07) is 10.3. The van der Waals surface area contributed by atoms with Crippen molar-refractivity contribution in [3.63, 3.8) is 0 Å². The number of anilines is 2. The lowest BCUT2D eigenvalue weighted by molar-refractivity contribution is 0.0586. The van der Waals surface area contributed by atoms with Crippen molar-refractivity contribution in [3.8, 4) is 22.3 Å². The van der Waals surface area contributed by atoms with E-state index in [4.69, 9.17) is 11.5 Å². The maximum absolute atomic E-state index is 13.4. The molecule has 0 aliphatic heterocycles. The minimum absolute atomic E-state index is 0.0288. The van der Waals surface area contributed by atoms with E-state index in [1.54, 1.807) is 0 Å². The molecule has 0 heterocycles. The van der Waals surface area contributed by atoms with E-state index in [2.05, 4.69) is 52.0 Å². The van der Waals surface area contributed by atoms with E-state index >= 15 is 0 Å². The summed E-state index contributed by atoms with van der Waals surface area (Å²) in [6.45, 7) is 15.7. The zero-order chi connectivity index (χ0) is 27.1. The molecule has 0 aliphatic carbocycles. The number of hydrogen-bond acceptors (Lipinski definition) is 5. The van der Waals surface area contributed by atoms with Crippen molar-refractivity contribution in [1.29, 1.82) is 0 Å². The molecule has 0 saturated heterocycles. The van der Waals surface area contributed by atoms with Gasteiger partial charge in [0.1, 0.15) is 6.10 Å². The molecule has 36 heavy (non-hydrogen) atoms. The van der Waals surface area contributed by atoms with Gasteiger partial charge in [-0.2, -0.15) is 0 Å². The number of aryl methyl sites for hydroxylation is 4. The lowest BCUT2D eigenvalue weighted by Gasteiger charge is -2.28. The molecule has 3 rings (SSSR count). The molecule has 0 amide bonds. The van der Waals surface area contributed by atoms with E-state index in [1.165, 1.54) is 0 Å². The predicted molar refractivity (Wildman–Crippen MR) is 151 cm³/mol. The number of nitrogen functional groups attached to an aromatic ring is 2. The van der Waals surface area contributed by atoms with E-state index in [-0.39, 0.29) is 11.8 Å². The Hall–Kier alpha value is -3.15.